The van der Waals surface area contributed by atoms with Crippen LogP contribution in [0.5, 0.6) is 5.75 Å². The maximum atomic E-state index is 15.8. The lowest BCUT2D eigenvalue weighted by Crippen LogP contribution is -2.48. The van der Waals surface area contributed by atoms with E-state index < -0.39 is 41.5 Å². The summed E-state index contributed by atoms with van der Waals surface area (Å²) in [6.45, 7) is 6.40. The molecule has 1 aliphatic heterocycles. The van der Waals surface area contributed by atoms with Gasteiger partial charge < -0.3 is 40.7 Å². The van der Waals surface area contributed by atoms with Crippen LogP contribution in [0.3, 0.4) is 0 Å². The summed E-state index contributed by atoms with van der Waals surface area (Å²) in [5.74, 6) is -1.96. The third kappa shape index (κ3) is 11.8. The molecule has 17 nitrogen and oxygen atoms in total. The van der Waals surface area contributed by atoms with Gasteiger partial charge in [-0.05, 0) is 118 Å². The highest BCUT2D eigenvalue weighted by Gasteiger charge is 2.31. The standard InChI is InChI=1S/C43H52FN9O8/c1-43(2,3)61-41(57)45-24-26-7-11-29(12-8-26)38(54)48-34(40(56)47-30-15-13-28(14-16-30)37-49-51-52-50-37)23-25-5-9-27(10-6-25)32-17-18-33(35(44)36(32)60-4)39(55)46-31-19-21-53(22-20-31)42(58)59/h5-6,9-10,13-18,26,29,31,34H,7-8,11-12,19-24H2,1-4H3,(H,45,57)(H,46,55)(H,47,56)(H,48,54)(H,58,59)(H,49,50,51,52)/t26-,29-,34-/m0/s1. The number of carbonyl (C=O) groups excluding carboxylic acids is 4. The third-order valence-electron chi connectivity index (χ3n) is 10.9. The van der Waals surface area contributed by atoms with Gasteiger partial charge in [-0.3, -0.25) is 14.4 Å². The highest BCUT2D eigenvalue weighted by atomic mass is 19.1. The van der Waals surface area contributed by atoms with Gasteiger partial charge in [0.05, 0.1) is 12.7 Å². The van der Waals surface area contributed by atoms with Crippen molar-refractivity contribution in [3.63, 3.8) is 0 Å². The Morgan fingerprint density at radius 3 is 2.20 bits per heavy atom. The Balaban J connectivity index is 1.12. The number of H-pyrrole nitrogens is 1. The highest BCUT2D eigenvalue weighted by Crippen LogP contribution is 2.35. The summed E-state index contributed by atoms with van der Waals surface area (Å²) in [7, 11) is 1.32. The number of halogens is 1. The fourth-order valence-electron chi connectivity index (χ4n) is 7.58. The molecule has 2 fully saturated rings. The fraction of sp³-hybridized carbons (Fsp3) is 0.442. The molecule has 0 unspecified atom stereocenters. The lowest BCUT2D eigenvalue weighted by atomic mass is 9.81. The summed E-state index contributed by atoms with van der Waals surface area (Å²) in [5, 5.41) is 34.7. The van der Waals surface area contributed by atoms with Crippen molar-refractivity contribution in [3.8, 4) is 28.3 Å². The van der Waals surface area contributed by atoms with Gasteiger partial charge in [-0.2, -0.15) is 5.21 Å². The zero-order valence-corrected chi connectivity index (χ0v) is 34.6. The topological polar surface area (TPSA) is 230 Å². The van der Waals surface area contributed by atoms with Crippen LogP contribution in [0.4, 0.5) is 19.7 Å². The average molecular weight is 842 g/mol. The van der Waals surface area contributed by atoms with Crippen molar-refractivity contribution in [2.24, 2.45) is 11.8 Å². The van der Waals surface area contributed by atoms with Crippen molar-refractivity contribution in [1.29, 1.82) is 0 Å². The van der Waals surface area contributed by atoms with E-state index >= 15 is 4.39 Å². The number of methoxy groups -OCH3 is 1. The smallest absolute Gasteiger partial charge is 0.407 e. The molecule has 1 aromatic heterocycles. The Morgan fingerprint density at radius 2 is 1.59 bits per heavy atom. The van der Waals surface area contributed by atoms with Crippen LogP contribution in [-0.2, 0) is 20.7 Å². The Bertz CT molecular complexity index is 2160. The van der Waals surface area contributed by atoms with Gasteiger partial charge in [0.2, 0.25) is 17.6 Å². The number of ether oxygens (including phenoxy) is 2. The number of aromatic nitrogens is 4. The number of rotatable bonds is 13. The van der Waals surface area contributed by atoms with E-state index in [4.69, 9.17) is 9.47 Å². The molecule has 4 aromatic rings. The monoisotopic (exact) mass is 841 g/mol. The maximum Gasteiger partial charge on any atom is 0.407 e. The molecule has 1 saturated heterocycles. The molecular formula is C43H52FN9O8. The number of hydrogen-bond donors (Lipinski definition) is 6. The van der Waals surface area contributed by atoms with Crippen LogP contribution >= 0.6 is 0 Å². The molecule has 6 N–H and O–H groups in total. The van der Waals surface area contributed by atoms with E-state index in [0.29, 0.717) is 60.4 Å². The zero-order valence-electron chi connectivity index (χ0n) is 34.6. The second-order valence-electron chi connectivity index (χ2n) is 16.4. The number of likely N-dealkylation sites (tertiary alicyclic amines) is 1. The number of nitrogens with zero attached hydrogens (tertiary/aromatic N) is 4. The average Bonchev–Trinajstić information content (AvgIpc) is 3.78. The number of anilines is 1. The van der Waals surface area contributed by atoms with Crippen LogP contribution in [0.15, 0.2) is 60.7 Å². The molecule has 6 rings (SSSR count). The molecule has 18 heteroatoms. The Kier molecular flexibility index (Phi) is 14.2. The number of nitrogens with one attached hydrogen (secondary N) is 5. The van der Waals surface area contributed by atoms with Crippen molar-refractivity contribution in [1.82, 2.24) is 41.5 Å². The van der Waals surface area contributed by atoms with Gasteiger partial charge in [0.15, 0.2) is 11.6 Å². The first-order valence-electron chi connectivity index (χ1n) is 20.3. The molecule has 61 heavy (non-hydrogen) atoms. The molecule has 1 aliphatic carbocycles. The molecular weight excluding hydrogens is 790 g/mol. The van der Waals surface area contributed by atoms with Gasteiger partial charge >= 0.3 is 12.2 Å². The van der Waals surface area contributed by atoms with Crippen LogP contribution < -0.4 is 26.0 Å². The Hall–Kier alpha value is -6.59. The highest BCUT2D eigenvalue weighted by molar-refractivity contribution is 5.98. The van der Waals surface area contributed by atoms with Crippen molar-refractivity contribution < 1.29 is 42.9 Å². The molecule has 0 spiro atoms. The summed E-state index contributed by atoms with van der Waals surface area (Å²) in [5.41, 5.74) is 2.12. The number of tetrazole rings is 1. The summed E-state index contributed by atoms with van der Waals surface area (Å²) >= 11 is 0. The lowest BCUT2D eigenvalue weighted by molar-refractivity contribution is -0.130. The van der Waals surface area contributed by atoms with Crippen molar-refractivity contribution in [3.05, 3.63) is 77.6 Å². The number of amides is 5. The maximum absolute atomic E-state index is 15.8. The van der Waals surface area contributed by atoms with E-state index in [1.807, 2.05) is 0 Å². The van der Waals surface area contributed by atoms with Gasteiger partial charge in [-0.25, -0.2) is 14.0 Å². The van der Waals surface area contributed by atoms with E-state index in [9.17, 15) is 29.1 Å². The van der Waals surface area contributed by atoms with E-state index in [0.717, 1.165) is 18.4 Å². The molecule has 0 bridgehead atoms. The minimum absolute atomic E-state index is 0.119. The van der Waals surface area contributed by atoms with Gasteiger partial charge in [0.25, 0.3) is 5.91 Å². The van der Waals surface area contributed by atoms with E-state index in [-0.39, 0.29) is 54.6 Å². The van der Waals surface area contributed by atoms with Crippen molar-refractivity contribution in [2.45, 2.75) is 83.4 Å². The molecule has 3 aromatic carbocycles. The van der Waals surface area contributed by atoms with E-state index in [2.05, 4.69) is 41.9 Å². The number of hydrogen-bond acceptors (Lipinski definition) is 10. The predicted octanol–water partition coefficient (Wildman–Crippen LogP) is 5.55. The first-order chi connectivity index (χ1) is 29.2. The first-order valence-corrected chi connectivity index (χ1v) is 20.3. The quantitative estimate of drug-likeness (QED) is 0.0978. The van der Waals surface area contributed by atoms with E-state index in [1.54, 1.807) is 75.4 Å². The predicted molar refractivity (Wildman–Crippen MR) is 222 cm³/mol. The van der Waals surface area contributed by atoms with Gasteiger partial charge in [0, 0.05) is 54.8 Å². The fourth-order valence-corrected chi connectivity index (χ4v) is 7.58. The van der Waals surface area contributed by atoms with Crippen LogP contribution in [0, 0.1) is 17.7 Å². The number of piperidine rings is 1. The van der Waals surface area contributed by atoms with Gasteiger partial charge in [-0.1, -0.05) is 24.3 Å². The molecule has 2 aliphatic rings. The number of benzene rings is 3. The number of alkyl carbamates (subject to hydrolysis) is 1. The molecule has 1 saturated carbocycles. The van der Waals surface area contributed by atoms with E-state index in [1.165, 1.54) is 18.1 Å². The summed E-state index contributed by atoms with van der Waals surface area (Å²) in [4.78, 5) is 65.4. The van der Waals surface area contributed by atoms with Crippen LogP contribution in [0.2, 0.25) is 0 Å². The SMILES string of the molecule is COc1c(-c2ccc(C[C@H](NC(=O)[C@H]3CC[C@H](CNC(=O)OC(C)(C)C)CC3)C(=O)Nc3ccc(-c4nn[nH]n4)cc3)cc2)ccc(C(=O)NC2CCN(C(=O)O)CC2)c1F. The third-order valence-corrected chi connectivity index (χ3v) is 10.9. The number of carboxylic acid groups (broad SMARTS) is 1. The van der Waals surface area contributed by atoms with Crippen LogP contribution in [-0.4, -0.2) is 105 Å². The lowest BCUT2D eigenvalue weighted by Gasteiger charge is -2.30. The minimum atomic E-state index is -1.01. The molecule has 0 radical (unpaired) electrons. The molecule has 5 amide bonds. The molecule has 2 heterocycles. The van der Waals surface area contributed by atoms with Gasteiger partial charge in [0.1, 0.15) is 11.6 Å². The summed E-state index contributed by atoms with van der Waals surface area (Å²) in [6, 6.07) is 15.7. The number of carbonyl (C=O) groups is 5. The minimum Gasteiger partial charge on any atom is -0.493 e. The summed E-state index contributed by atoms with van der Waals surface area (Å²) in [6.07, 6.45) is 2.13. The Morgan fingerprint density at radius 1 is 0.918 bits per heavy atom. The van der Waals surface area contributed by atoms with Crippen LogP contribution in [0.1, 0.15) is 75.2 Å². The largest absolute Gasteiger partial charge is 0.493 e. The molecule has 1 atom stereocenters. The number of aromatic amines is 1. The first kappa shape index (κ1) is 44.0. The zero-order chi connectivity index (χ0) is 43.7. The summed E-state index contributed by atoms with van der Waals surface area (Å²) < 4.78 is 26.6. The second kappa shape index (κ2) is 19.6. The van der Waals surface area contributed by atoms with Gasteiger partial charge in [-0.15, -0.1) is 10.2 Å². The Labute approximate surface area is 352 Å². The second-order valence-corrected chi connectivity index (χ2v) is 16.4. The van der Waals surface area contributed by atoms with Crippen molar-refractivity contribution in [2.75, 3.05) is 32.1 Å². The molecule has 324 valence electrons. The van der Waals surface area contributed by atoms with Crippen LogP contribution in [0.25, 0.3) is 22.5 Å². The normalized spacial score (nSPS) is 17.4. The van der Waals surface area contributed by atoms with Crippen molar-refractivity contribution >= 4 is 35.6 Å².